The van der Waals surface area contributed by atoms with Crippen molar-refractivity contribution < 1.29 is 14.3 Å². The SMILES string of the molecule is C=CC1c2cc3[nH]c(cc4[nH]c5c(c6nc(cc(n2)C1C)[C@@H](C)[C@@H]6CCC(=O)OC)CC(=O)c5c4C)c(CC)c3C. The van der Waals surface area contributed by atoms with Crippen LogP contribution in [0, 0.1) is 13.8 Å². The number of allylic oxidation sites excluding steroid dienone is 1. The highest BCUT2D eigenvalue weighted by atomic mass is 16.5. The molecule has 0 fully saturated rings. The number of esters is 1. The summed E-state index contributed by atoms with van der Waals surface area (Å²) >= 11 is 0. The van der Waals surface area contributed by atoms with Crippen LogP contribution < -0.4 is 0 Å². The van der Waals surface area contributed by atoms with E-state index in [4.69, 9.17) is 14.7 Å². The third-order valence-electron chi connectivity index (χ3n) is 9.61. The summed E-state index contributed by atoms with van der Waals surface area (Å²) in [5.41, 5.74) is 12.8. The van der Waals surface area contributed by atoms with Crippen molar-refractivity contribution in [3.63, 3.8) is 0 Å². The van der Waals surface area contributed by atoms with E-state index >= 15 is 0 Å². The normalized spacial score (nSPS) is 21.4. The first-order valence-corrected chi connectivity index (χ1v) is 14.6. The number of hydrogen-bond acceptors (Lipinski definition) is 5. The highest BCUT2D eigenvalue weighted by molar-refractivity contribution is 6.13. The molecule has 3 aliphatic rings. The molecule has 2 unspecified atom stereocenters. The molecule has 4 atom stereocenters. The summed E-state index contributed by atoms with van der Waals surface area (Å²) in [6.07, 6.45) is 4.08. The second kappa shape index (κ2) is 10.1. The number of carbonyl (C=O) groups is 2. The predicted octanol–water partition coefficient (Wildman–Crippen LogP) is 7.15. The molecule has 0 radical (unpaired) electrons. The molecule has 2 aliphatic heterocycles. The lowest BCUT2D eigenvalue weighted by molar-refractivity contribution is -0.140. The number of carbonyl (C=O) groups excluding carboxylic acids is 2. The van der Waals surface area contributed by atoms with Gasteiger partial charge in [-0.2, -0.15) is 0 Å². The van der Waals surface area contributed by atoms with Gasteiger partial charge in [0.15, 0.2) is 5.78 Å². The number of hydrogen-bond donors (Lipinski definition) is 2. The van der Waals surface area contributed by atoms with Crippen LogP contribution >= 0.6 is 0 Å². The van der Waals surface area contributed by atoms with Crippen molar-refractivity contribution in [3.05, 3.63) is 81.4 Å². The van der Waals surface area contributed by atoms with Crippen LogP contribution in [0.1, 0.15) is 113 Å². The summed E-state index contributed by atoms with van der Waals surface area (Å²) < 4.78 is 4.96. The van der Waals surface area contributed by atoms with Crippen molar-refractivity contribution >= 4 is 33.8 Å². The molecule has 0 saturated heterocycles. The zero-order valence-electron chi connectivity index (χ0n) is 24.8. The van der Waals surface area contributed by atoms with Gasteiger partial charge in [-0.15, -0.1) is 6.58 Å². The van der Waals surface area contributed by atoms with Gasteiger partial charge in [0.2, 0.25) is 0 Å². The number of rotatable bonds is 5. The molecule has 1 aliphatic carbocycles. The lowest BCUT2D eigenvalue weighted by atomic mass is 9.85. The van der Waals surface area contributed by atoms with Gasteiger partial charge in [-0.25, -0.2) is 0 Å². The van der Waals surface area contributed by atoms with Crippen LogP contribution in [0.15, 0.2) is 30.9 Å². The van der Waals surface area contributed by atoms with E-state index in [1.165, 1.54) is 18.2 Å². The standard InChI is InChI=1S/C34H38N4O3/c1-8-20-16(3)24-13-26-18(5)22(10-11-31(40)41-7)33(37-26)23-12-30(39)32-19(6)27(38-34(23)32)15-29-21(9-2)17(4)25(36-29)14-28(20)35-24/h8,13-16,18,20,22,36,38H,1,9-12H2,2-7H3/t16?,18-,20?,22-/m0/s1. The van der Waals surface area contributed by atoms with E-state index in [0.717, 1.165) is 68.0 Å². The number of H-pyrrole nitrogens is 2. The minimum absolute atomic E-state index is 0.0109. The van der Waals surface area contributed by atoms with E-state index in [2.05, 4.69) is 62.4 Å². The van der Waals surface area contributed by atoms with Gasteiger partial charge in [0, 0.05) is 75.6 Å². The average Bonchev–Trinajstić information content (AvgIpc) is 3.70. The van der Waals surface area contributed by atoms with Crippen molar-refractivity contribution in [1.82, 2.24) is 19.9 Å². The van der Waals surface area contributed by atoms with Gasteiger partial charge >= 0.3 is 5.97 Å². The number of ether oxygens (including phenoxy) is 1. The number of aryl methyl sites for hydroxylation is 3. The maximum absolute atomic E-state index is 13.4. The zero-order chi connectivity index (χ0) is 29.2. The van der Waals surface area contributed by atoms with Crippen molar-refractivity contribution in [2.24, 2.45) is 0 Å². The van der Waals surface area contributed by atoms with E-state index < -0.39 is 0 Å². The summed E-state index contributed by atoms with van der Waals surface area (Å²) in [7, 11) is 1.42. The first-order valence-electron chi connectivity index (χ1n) is 14.6. The molecule has 5 heterocycles. The number of nitrogens with zero attached hydrogens (tertiary/aromatic N) is 2. The maximum atomic E-state index is 13.4. The zero-order valence-corrected chi connectivity index (χ0v) is 24.8. The predicted molar refractivity (Wildman–Crippen MR) is 162 cm³/mol. The first-order chi connectivity index (χ1) is 19.7. The number of methoxy groups -OCH3 is 1. The fourth-order valence-corrected chi connectivity index (χ4v) is 7.10. The topological polar surface area (TPSA) is 101 Å². The van der Waals surface area contributed by atoms with Gasteiger partial charge in [-0.1, -0.05) is 26.8 Å². The molecule has 6 rings (SSSR count). The lowest BCUT2D eigenvalue weighted by Gasteiger charge is -2.17. The molecular weight excluding hydrogens is 512 g/mol. The molecule has 2 N–H and O–H groups in total. The van der Waals surface area contributed by atoms with Gasteiger partial charge in [-0.3, -0.25) is 19.6 Å². The number of aromatic nitrogens is 4. The van der Waals surface area contributed by atoms with E-state index in [0.29, 0.717) is 19.3 Å². The first kappa shape index (κ1) is 27.2. The molecule has 0 spiro atoms. The fourth-order valence-electron chi connectivity index (χ4n) is 7.10. The van der Waals surface area contributed by atoms with Crippen LogP contribution in [0.3, 0.4) is 0 Å². The average molecular weight is 551 g/mol. The highest BCUT2D eigenvalue weighted by Crippen LogP contribution is 2.45. The third-order valence-corrected chi connectivity index (χ3v) is 9.61. The molecular formula is C34H38N4O3. The van der Waals surface area contributed by atoms with Crippen LogP contribution in [-0.4, -0.2) is 38.8 Å². The van der Waals surface area contributed by atoms with Crippen molar-refractivity contribution in [2.45, 2.75) is 84.0 Å². The molecule has 0 saturated carbocycles. The van der Waals surface area contributed by atoms with Gasteiger partial charge in [0.05, 0.1) is 24.0 Å². The molecule has 212 valence electrons. The van der Waals surface area contributed by atoms with E-state index in [9.17, 15) is 9.59 Å². The maximum Gasteiger partial charge on any atom is 0.305 e. The number of Topliss-reactive ketones (excluding diaryl/α,β-unsaturated/α-hetero) is 1. The quantitative estimate of drug-likeness (QED) is 0.260. The van der Waals surface area contributed by atoms with Crippen molar-refractivity contribution in [3.8, 4) is 0 Å². The molecule has 8 bridgehead atoms. The van der Waals surface area contributed by atoms with E-state index in [1.807, 2.05) is 13.0 Å². The van der Waals surface area contributed by atoms with E-state index in [1.54, 1.807) is 0 Å². The summed E-state index contributed by atoms with van der Waals surface area (Å²) in [5, 5.41) is 0. The Morgan fingerprint density at radius 3 is 2.46 bits per heavy atom. The van der Waals surface area contributed by atoms with Crippen LogP contribution in [-0.2, 0) is 22.4 Å². The Balaban J connectivity index is 1.73. The van der Waals surface area contributed by atoms with Crippen LogP contribution in [0.2, 0.25) is 0 Å². The number of aromatic amines is 2. The highest BCUT2D eigenvalue weighted by Gasteiger charge is 2.36. The van der Waals surface area contributed by atoms with Gasteiger partial charge < -0.3 is 14.7 Å². The van der Waals surface area contributed by atoms with Gasteiger partial charge in [0.25, 0.3) is 0 Å². The third kappa shape index (κ3) is 4.25. The Hall–Kier alpha value is -4.00. The molecule has 7 heteroatoms. The molecule has 3 aromatic heterocycles. The summed E-state index contributed by atoms with van der Waals surface area (Å²) in [6, 6.07) is 6.42. The Morgan fingerprint density at radius 2 is 1.76 bits per heavy atom. The van der Waals surface area contributed by atoms with Crippen LogP contribution in [0.25, 0.3) is 22.1 Å². The summed E-state index contributed by atoms with van der Waals surface area (Å²) in [4.78, 5) is 43.2. The lowest BCUT2D eigenvalue weighted by Crippen LogP contribution is -2.09. The van der Waals surface area contributed by atoms with Gasteiger partial charge in [-0.05, 0) is 61.6 Å². The molecule has 0 aromatic carbocycles. The minimum atomic E-state index is -0.238. The largest absolute Gasteiger partial charge is 0.469 e. The van der Waals surface area contributed by atoms with Crippen LogP contribution in [0.4, 0.5) is 0 Å². The monoisotopic (exact) mass is 550 g/mol. The Morgan fingerprint density at radius 1 is 1.02 bits per heavy atom. The molecule has 3 aromatic rings. The smallest absolute Gasteiger partial charge is 0.305 e. The van der Waals surface area contributed by atoms with Crippen molar-refractivity contribution in [2.75, 3.05) is 7.11 Å². The number of ketones is 1. The Kier molecular flexibility index (Phi) is 6.71. The summed E-state index contributed by atoms with van der Waals surface area (Å²) in [6.45, 7) is 14.8. The molecule has 7 nitrogen and oxygen atoms in total. The fraction of sp³-hybridized carbons (Fsp3) is 0.412. The Labute approximate surface area is 240 Å². The summed E-state index contributed by atoms with van der Waals surface area (Å²) in [5.74, 6) is 0.155. The second-order valence-electron chi connectivity index (χ2n) is 11.8. The van der Waals surface area contributed by atoms with Crippen LogP contribution in [0.5, 0.6) is 0 Å². The van der Waals surface area contributed by atoms with Gasteiger partial charge in [0.1, 0.15) is 0 Å². The minimum Gasteiger partial charge on any atom is -0.469 e. The van der Waals surface area contributed by atoms with E-state index in [-0.39, 0.29) is 35.4 Å². The molecule has 0 amide bonds. The van der Waals surface area contributed by atoms with Crippen molar-refractivity contribution in [1.29, 1.82) is 0 Å². The second-order valence-corrected chi connectivity index (χ2v) is 11.8. The number of fused-ring (bicyclic) bond motifs is 8. The Bertz CT molecular complexity index is 1780. The molecule has 41 heavy (non-hydrogen) atoms. The number of nitrogens with one attached hydrogen (secondary N) is 2.